The van der Waals surface area contributed by atoms with Gasteiger partial charge in [-0.1, -0.05) is 30.3 Å². The summed E-state index contributed by atoms with van der Waals surface area (Å²) in [4.78, 5) is 22.4. The fraction of sp³-hybridized carbons (Fsp3) is 0.222. The number of hydrogen-bond acceptors (Lipinski definition) is 5. The Morgan fingerprint density at radius 3 is 2.28 bits per heavy atom. The molecular weight excluding hydrogens is 344 g/mol. The average molecular weight is 362 g/mol. The molecule has 0 aromatic heterocycles. The number of carbonyl (C=O) groups excluding carboxylic acids is 1. The van der Waals surface area contributed by atoms with Gasteiger partial charge in [-0.25, -0.2) is 4.79 Å². The molecule has 0 heterocycles. The van der Waals surface area contributed by atoms with Crippen LogP contribution in [-0.4, -0.2) is 40.2 Å². The van der Waals surface area contributed by atoms with E-state index in [0.717, 1.165) is 0 Å². The van der Waals surface area contributed by atoms with Gasteiger partial charge in [0.2, 0.25) is 0 Å². The van der Waals surface area contributed by atoms with E-state index in [1.54, 1.807) is 24.3 Å². The first kappa shape index (κ1) is 18.7. The Hall–Kier alpha value is -2.67. The third kappa shape index (κ3) is 6.76. The van der Waals surface area contributed by atoms with Gasteiger partial charge in [0.05, 0.1) is 5.56 Å². The number of para-hydroxylation sites is 1. The van der Waals surface area contributed by atoms with Crippen molar-refractivity contribution in [1.29, 1.82) is 0 Å². The number of carboxylic acids is 1. The van der Waals surface area contributed by atoms with Crippen molar-refractivity contribution < 1.29 is 28.4 Å². The lowest BCUT2D eigenvalue weighted by atomic mass is 10.1. The summed E-state index contributed by atoms with van der Waals surface area (Å²) in [5.41, 5.74) is 0.857. The van der Waals surface area contributed by atoms with E-state index in [4.69, 9.17) is 14.6 Å². The highest BCUT2D eigenvalue weighted by molar-refractivity contribution is 7.84. The summed E-state index contributed by atoms with van der Waals surface area (Å²) in [6.07, 6.45) is 0. The van der Waals surface area contributed by atoms with Gasteiger partial charge in [0, 0.05) is 16.6 Å². The number of carbonyl (C=O) groups is 2. The molecule has 0 aliphatic heterocycles. The number of hydrogen-bond donors (Lipinski definition) is 1. The standard InChI is InChI=1S/C18H18O6S/c19-17(24-11-10-23-16-4-2-1-3-5-16)13-25(22)12-14-6-8-15(9-7-14)18(20)21/h1-9H,10-13H2,(H,20,21). The van der Waals surface area contributed by atoms with Crippen LogP contribution in [0.2, 0.25) is 0 Å². The van der Waals surface area contributed by atoms with Crippen LogP contribution in [0.4, 0.5) is 0 Å². The van der Waals surface area contributed by atoms with Gasteiger partial charge in [-0.3, -0.25) is 9.00 Å². The SMILES string of the molecule is O=C(CS(=O)Cc1ccc(C(=O)O)cc1)OCCOc1ccccc1. The van der Waals surface area contributed by atoms with Crippen LogP contribution < -0.4 is 4.74 Å². The Bertz CT molecular complexity index is 727. The molecule has 0 spiro atoms. The number of aromatic carboxylic acids is 1. The molecule has 0 radical (unpaired) electrons. The molecule has 2 rings (SSSR count). The van der Waals surface area contributed by atoms with Crippen molar-refractivity contribution in [2.24, 2.45) is 0 Å². The number of rotatable bonds is 9. The van der Waals surface area contributed by atoms with E-state index in [-0.39, 0.29) is 30.3 Å². The van der Waals surface area contributed by atoms with Gasteiger partial charge in [-0.2, -0.15) is 0 Å². The van der Waals surface area contributed by atoms with Crippen molar-refractivity contribution in [3.63, 3.8) is 0 Å². The minimum absolute atomic E-state index is 0.0816. The molecule has 0 bridgehead atoms. The first-order valence-corrected chi connectivity index (χ1v) is 9.04. The fourth-order valence-corrected chi connectivity index (χ4v) is 3.00. The maximum Gasteiger partial charge on any atom is 0.335 e. The first-order valence-electron chi connectivity index (χ1n) is 7.55. The Morgan fingerprint density at radius 2 is 1.64 bits per heavy atom. The van der Waals surface area contributed by atoms with E-state index in [2.05, 4.69) is 0 Å². The van der Waals surface area contributed by atoms with Crippen molar-refractivity contribution in [3.05, 3.63) is 65.7 Å². The molecular formula is C18H18O6S. The molecule has 7 heteroatoms. The summed E-state index contributed by atoms with van der Waals surface area (Å²) in [5.74, 6) is -0.945. The minimum atomic E-state index is -1.42. The lowest BCUT2D eigenvalue weighted by molar-refractivity contribution is -0.141. The first-order chi connectivity index (χ1) is 12.0. The summed E-state index contributed by atoms with van der Waals surface area (Å²) in [6, 6.07) is 15.2. The Kier molecular flexibility index (Phi) is 7.16. The fourth-order valence-electron chi connectivity index (χ4n) is 1.99. The van der Waals surface area contributed by atoms with Gasteiger partial charge < -0.3 is 14.6 Å². The third-order valence-electron chi connectivity index (χ3n) is 3.17. The zero-order valence-electron chi connectivity index (χ0n) is 13.4. The summed E-state index contributed by atoms with van der Waals surface area (Å²) in [5, 5.41) is 8.82. The van der Waals surface area contributed by atoms with Gasteiger partial charge in [-0.15, -0.1) is 0 Å². The molecule has 1 unspecified atom stereocenters. The summed E-state index contributed by atoms with van der Waals surface area (Å²) >= 11 is 0. The third-order valence-corrected chi connectivity index (χ3v) is 4.38. The predicted octanol–water partition coefficient (Wildman–Crippen LogP) is 2.26. The quantitative estimate of drug-likeness (QED) is 0.544. The summed E-state index contributed by atoms with van der Waals surface area (Å²) in [6.45, 7) is 0.303. The van der Waals surface area contributed by atoms with Crippen LogP contribution in [0.15, 0.2) is 54.6 Å². The molecule has 0 saturated heterocycles. The molecule has 1 N–H and O–H groups in total. The maximum absolute atomic E-state index is 12.0. The van der Waals surface area contributed by atoms with E-state index in [1.165, 1.54) is 12.1 Å². The van der Waals surface area contributed by atoms with Gasteiger partial charge in [0.25, 0.3) is 0 Å². The van der Waals surface area contributed by atoms with Crippen LogP contribution in [0.25, 0.3) is 0 Å². The molecule has 0 saturated carbocycles. The second kappa shape index (κ2) is 9.58. The molecule has 2 aromatic rings. The summed E-state index contributed by atoms with van der Waals surface area (Å²) in [7, 11) is -1.42. The van der Waals surface area contributed by atoms with E-state index in [9.17, 15) is 13.8 Å². The molecule has 0 fully saturated rings. The van der Waals surface area contributed by atoms with Gasteiger partial charge >= 0.3 is 11.9 Å². The second-order valence-electron chi connectivity index (χ2n) is 5.11. The molecule has 2 aromatic carbocycles. The van der Waals surface area contributed by atoms with Gasteiger partial charge in [0.1, 0.15) is 24.7 Å². The van der Waals surface area contributed by atoms with Crippen molar-refractivity contribution in [1.82, 2.24) is 0 Å². The summed E-state index contributed by atoms with van der Waals surface area (Å²) < 4.78 is 22.3. The Morgan fingerprint density at radius 1 is 0.960 bits per heavy atom. The lowest BCUT2D eigenvalue weighted by Crippen LogP contribution is -2.18. The highest BCUT2D eigenvalue weighted by Crippen LogP contribution is 2.09. The molecule has 132 valence electrons. The topological polar surface area (TPSA) is 89.9 Å². The van der Waals surface area contributed by atoms with E-state index in [1.807, 2.05) is 18.2 Å². The highest BCUT2D eigenvalue weighted by atomic mass is 32.2. The molecule has 0 aliphatic rings. The second-order valence-corrected chi connectivity index (χ2v) is 6.57. The zero-order valence-corrected chi connectivity index (χ0v) is 14.2. The normalized spacial score (nSPS) is 11.5. The maximum atomic E-state index is 12.0. The van der Waals surface area contributed by atoms with Crippen LogP contribution in [0.1, 0.15) is 15.9 Å². The number of esters is 1. The molecule has 25 heavy (non-hydrogen) atoms. The van der Waals surface area contributed by atoms with E-state index >= 15 is 0 Å². The van der Waals surface area contributed by atoms with Gasteiger partial charge in [0.15, 0.2) is 0 Å². The largest absolute Gasteiger partial charge is 0.490 e. The molecule has 0 amide bonds. The van der Waals surface area contributed by atoms with Crippen LogP contribution in [0.5, 0.6) is 5.75 Å². The zero-order chi connectivity index (χ0) is 18.1. The smallest absolute Gasteiger partial charge is 0.335 e. The van der Waals surface area contributed by atoms with Crippen molar-refractivity contribution >= 4 is 22.7 Å². The molecule has 1 atom stereocenters. The molecule has 6 nitrogen and oxygen atoms in total. The van der Waals surface area contributed by atoms with Crippen LogP contribution in [0.3, 0.4) is 0 Å². The van der Waals surface area contributed by atoms with Crippen LogP contribution in [0, 0.1) is 0 Å². The van der Waals surface area contributed by atoms with Crippen molar-refractivity contribution in [3.8, 4) is 5.75 Å². The lowest BCUT2D eigenvalue weighted by Gasteiger charge is -2.07. The number of benzene rings is 2. The minimum Gasteiger partial charge on any atom is -0.490 e. The van der Waals surface area contributed by atoms with E-state index in [0.29, 0.717) is 11.3 Å². The average Bonchev–Trinajstić information content (AvgIpc) is 2.60. The highest BCUT2D eigenvalue weighted by Gasteiger charge is 2.11. The van der Waals surface area contributed by atoms with Crippen LogP contribution >= 0.6 is 0 Å². The number of ether oxygens (including phenoxy) is 2. The van der Waals surface area contributed by atoms with Crippen molar-refractivity contribution in [2.45, 2.75) is 5.75 Å². The van der Waals surface area contributed by atoms with Crippen LogP contribution in [-0.2, 0) is 26.1 Å². The number of carboxylic acid groups (broad SMARTS) is 1. The Labute approximate surface area is 147 Å². The van der Waals surface area contributed by atoms with Gasteiger partial charge in [-0.05, 0) is 29.8 Å². The van der Waals surface area contributed by atoms with Crippen molar-refractivity contribution in [2.75, 3.05) is 19.0 Å². The van der Waals surface area contributed by atoms with E-state index < -0.39 is 22.7 Å². The molecule has 0 aliphatic carbocycles. The monoisotopic (exact) mass is 362 g/mol. The Balaban J connectivity index is 1.67. The predicted molar refractivity (Wildman–Crippen MR) is 93.0 cm³/mol.